The maximum absolute atomic E-state index is 12.2. The quantitative estimate of drug-likeness (QED) is 0.831. The van der Waals surface area contributed by atoms with E-state index in [2.05, 4.69) is 15.3 Å². The lowest BCUT2D eigenvalue weighted by Crippen LogP contribution is -2.12. The number of amides is 1. The zero-order chi connectivity index (χ0) is 14.1. The van der Waals surface area contributed by atoms with Gasteiger partial charge >= 0.3 is 0 Å². The summed E-state index contributed by atoms with van der Waals surface area (Å²) in [5.41, 5.74) is 4.59. The number of carbonyl (C=O) groups is 1. The van der Waals surface area contributed by atoms with Gasteiger partial charge in [0.1, 0.15) is 10.8 Å². The van der Waals surface area contributed by atoms with Gasteiger partial charge < -0.3 is 10.3 Å². The minimum Gasteiger partial charge on any atom is -0.354 e. The van der Waals surface area contributed by atoms with Gasteiger partial charge in [0.05, 0.1) is 11.9 Å². The van der Waals surface area contributed by atoms with E-state index in [0.29, 0.717) is 16.5 Å². The highest BCUT2D eigenvalue weighted by molar-refractivity contribution is 6.30. The number of aryl methyl sites for hydroxylation is 3. The van der Waals surface area contributed by atoms with Crippen LogP contribution >= 0.6 is 11.6 Å². The molecule has 104 valence electrons. The van der Waals surface area contributed by atoms with Gasteiger partial charge in [-0.3, -0.25) is 4.79 Å². The number of pyridine rings is 1. The molecular formula is C15H16ClN3O. The van der Waals surface area contributed by atoms with Crippen molar-refractivity contribution in [2.75, 3.05) is 5.32 Å². The van der Waals surface area contributed by atoms with Gasteiger partial charge in [-0.15, -0.1) is 0 Å². The van der Waals surface area contributed by atoms with E-state index in [1.165, 1.54) is 24.1 Å². The molecule has 5 heteroatoms. The molecule has 0 saturated heterocycles. The maximum Gasteiger partial charge on any atom is 0.272 e. The number of aromatic nitrogens is 2. The van der Waals surface area contributed by atoms with Crippen LogP contribution < -0.4 is 5.32 Å². The molecule has 1 aliphatic rings. The fourth-order valence-corrected chi connectivity index (χ4v) is 2.65. The fraction of sp³-hybridized carbons (Fsp3) is 0.333. The minimum atomic E-state index is -0.136. The number of rotatable bonds is 2. The average molecular weight is 290 g/mol. The number of halogens is 1. The highest BCUT2D eigenvalue weighted by Crippen LogP contribution is 2.22. The maximum atomic E-state index is 12.2. The number of H-pyrrole nitrogens is 1. The Labute approximate surface area is 122 Å². The van der Waals surface area contributed by atoms with Crippen molar-refractivity contribution in [3.8, 4) is 0 Å². The zero-order valence-corrected chi connectivity index (χ0v) is 12.0. The number of carbonyl (C=O) groups excluding carboxylic acids is 1. The van der Waals surface area contributed by atoms with Crippen LogP contribution in [0.3, 0.4) is 0 Å². The predicted molar refractivity (Wildman–Crippen MR) is 79.4 cm³/mol. The van der Waals surface area contributed by atoms with Crippen molar-refractivity contribution in [2.45, 2.75) is 32.6 Å². The van der Waals surface area contributed by atoms with Gasteiger partial charge in [-0.05, 0) is 55.9 Å². The highest BCUT2D eigenvalue weighted by Gasteiger charge is 2.16. The number of aromatic amines is 1. The summed E-state index contributed by atoms with van der Waals surface area (Å²) in [6.07, 6.45) is 6.04. The summed E-state index contributed by atoms with van der Waals surface area (Å²) in [5, 5.41) is 3.30. The first-order chi connectivity index (χ1) is 9.63. The van der Waals surface area contributed by atoms with Crippen LogP contribution in [0.25, 0.3) is 0 Å². The van der Waals surface area contributed by atoms with Crippen LogP contribution in [0, 0.1) is 6.92 Å². The van der Waals surface area contributed by atoms with Gasteiger partial charge in [-0.25, -0.2) is 4.98 Å². The molecule has 0 radical (unpaired) electrons. The molecule has 2 N–H and O–H groups in total. The molecule has 0 aliphatic heterocycles. The Kier molecular flexibility index (Phi) is 3.49. The van der Waals surface area contributed by atoms with Gasteiger partial charge in [-0.1, -0.05) is 11.6 Å². The third kappa shape index (κ3) is 2.56. The van der Waals surface area contributed by atoms with E-state index in [1.807, 2.05) is 19.1 Å². The largest absolute Gasteiger partial charge is 0.354 e. The zero-order valence-electron chi connectivity index (χ0n) is 11.3. The number of fused-ring (bicyclic) bond motifs is 1. The lowest BCUT2D eigenvalue weighted by atomic mass is 9.98. The number of hydrogen-bond acceptors (Lipinski definition) is 2. The van der Waals surface area contributed by atoms with Crippen molar-refractivity contribution >= 4 is 23.2 Å². The lowest BCUT2D eigenvalue weighted by Gasteiger charge is -2.09. The number of nitrogens with one attached hydrogen (secondary N) is 2. The summed E-state index contributed by atoms with van der Waals surface area (Å²) >= 11 is 5.87. The smallest absolute Gasteiger partial charge is 0.272 e. The molecule has 1 aliphatic carbocycles. The standard InChI is InChI=1S/C15H16ClN3O/c1-9-6-11(8-17-14(9)16)18-15(20)13-7-10-4-2-3-5-12(10)19-13/h6-8,19H,2-5H2,1H3,(H,18,20). The molecule has 0 spiro atoms. The van der Waals surface area contributed by atoms with E-state index < -0.39 is 0 Å². The molecule has 4 nitrogen and oxygen atoms in total. The number of nitrogens with zero attached hydrogens (tertiary/aromatic N) is 1. The normalized spacial score (nSPS) is 13.9. The van der Waals surface area contributed by atoms with Crippen molar-refractivity contribution in [3.05, 3.63) is 46.0 Å². The van der Waals surface area contributed by atoms with E-state index in [1.54, 1.807) is 6.20 Å². The van der Waals surface area contributed by atoms with E-state index in [4.69, 9.17) is 11.6 Å². The van der Waals surface area contributed by atoms with E-state index in [9.17, 15) is 4.79 Å². The molecule has 0 bridgehead atoms. The highest BCUT2D eigenvalue weighted by atomic mass is 35.5. The SMILES string of the molecule is Cc1cc(NC(=O)c2cc3c([nH]2)CCCC3)cnc1Cl. The second kappa shape index (κ2) is 5.29. The molecule has 20 heavy (non-hydrogen) atoms. The predicted octanol–water partition coefficient (Wildman–Crippen LogP) is 3.50. The van der Waals surface area contributed by atoms with E-state index in [-0.39, 0.29) is 5.91 Å². The minimum absolute atomic E-state index is 0.136. The topological polar surface area (TPSA) is 57.8 Å². The molecule has 1 amide bonds. The molecule has 0 aromatic carbocycles. The summed E-state index contributed by atoms with van der Waals surface area (Å²) in [6.45, 7) is 1.86. The van der Waals surface area contributed by atoms with Gasteiger partial charge in [-0.2, -0.15) is 0 Å². The summed E-state index contributed by atoms with van der Waals surface area (Å²) in [5.74, 6) is -0.136. The first kappa shape index (κ1) is 13.2. The molecule has 0 fully saturated rings. The number of hydrogen-bond donors (Lipinski definition) is 2. The van der Waals surface area contributed by atoms with Gasteiger partial charge in [0.15, 0.2) is 0 Å². The third-order valence-electron chi connectivity index (χ3n) is 3.63. The molecule has 2 aromatic heterocycles. The van der Waals surface area contributed by atoms with Crippen molar-refractivity contribution in [2.24, 2.45) is 0 Å². The lowest BCUT2D eigenvalue weighted by molar-refractivity contribution is 0.102. The Bertz CT molecular complexity index is 640. The average Bonchev–Trinajstić information content (AvgIpc) is 2.87. The van der Waals surface area contributed by atoms with E-state index in [0.717, 1.165) is 18.4 Å². The van der Waals surface area contributed by atoms with Gasteiger partial charge in [0, 0.05) is 5.69 Å². The van der Waals surface area contributed by atoms with E-state index >= 15 is 0 Å². The summed E-state index contributed by atoms with van der Waals surface area (Å²) in [7, 11) is 0. The third-order valence-corrected chi connectivity index (χ3v) is 4.03. The Morgan fingerprint density at radius 3 is 2.90 bits per heavy atom. The van der Waals surface area contributed by atoms with Crippen LogP contribution in [0.1, 0.15) is 40.2 Å². The Morgan fingerprint density at radius 1 is 1.35 bits per heavy atom. The van der Waals surface area contributed by atoms with Crippen molar-refractivity contribution in [3.63, 3.8) is 0 Å². The fourth-order valence-electron chi connectivity index (χ4n) is 2.55. The molecule has 0 atom stereocenters. The van der Waals surface area contributed by atoms with Crippen LogP contribution in [0.4, 0.5) is 5.69 Å². The molecular weight excluding hydrogens is 274 g/mol. The summed E-state index contributed by atoms with van der Waals surface area (Å²) < 4.78 is 0. The Hall–Kier alpha value is -1.81. The second-order valence-corrected chi connectivity index (χ2v) is 5.54. The summed E-state index contributed by atoms with van der Waals surface area (Å²) in [4.78, 5) is 19.5. The van der Waals surface area contributed by atoms with Gasteiger partial charge in [0.25, 0.3) is 5.91 Å². The molecule has 0 saturated carbocycles. The van der Waals surface area contributed by atoms with Crippen LogP contribution in [0.2, 0.25) is 5.15 Å². The van der Waals surface area contributed by atoms with Crippen LogP contribution in [-0.2, 0) is 12.8 Å². The first-order valence-corrected chi connectivity index (χ1v) is 7.15. The Balaban J connectivity index is 1.78. The molecule has 2 heterocycles. The Morgan fingerprint density at radius 2 is 2.15 bits per heavy atom. The molecule has 3 rings (SSSR count). The van der Waals surface area contributed by atoms with Crippen molar-refractivity contribution < 1.29 is 4.79 Å². The molecule has 2 aromatic rings. The van der Waals surface area contributed by atoms with Crippen LogP contribution in [0.5, 0.6) is 0 Å². The van der Waals surface area contributed by atoms with Crippen molar-refractivity contribution in [1.29, 1.82) is 0 Å². The first-order valence-electron chi connectivity index (χ1n) is 6.78. The second-order valence-electron chi connectivity index (χ2n) is 5.18. The number of anilines is 1. The van der Waals surface area contributed by atoms with Crippen molar-refractivity contribution in [1.82, 2.24) is 9.97 Å². The summed E-state index contributed by atoms with van der Waals surface area (Å²) in [6, 6.07) is 3.77. The molecule has 0 unspecified atom stereocenters. The van der Waals surface area contributed by atoms with Gasteiger partial charge in [0.2, 0.25) is 0 Å². The monoisotopic (exact) mass is 289 g/mol. The van der Waals surface area contributed by atoms with Crippen LogP contribution in [-0.4, -0.2) is 15.9 Å². The van der Waals surface area contributed by atoms with Crippen LogP contribution in [0.15, 0.2) is 18.3 Å².